The number of amides is 2. The Morgan fingerprint density at radius 1 is 1.58 bits per heavy atom. The van der Waals surface area contributed by atoms with Crippen LogP contribution in [-0.4, -0.2) is 47.7 Å². The van der Waals surface area contributed by atoms with Crippen LogP contribution in [0.15, 0.2) is 16.9 Å². The van der Waals surface area contributed by atoms with E-state index in [4.69, 9.17) is 4.74 Å². The van der Waals surface area contributed by atoms with Gasteiger partial charge in [-0.2, -0.15) is 0 Å². The maximum atomic E-state index is 11.8. The lowest BCUT2D eigenvalue weighted by Gasteiger charge is -2.23. The van der Waals surface area contributed by atoms with Gasteiger partial charge in [0.25, 0.3) is 0 Å². The fraction of sp³-hybridized carbons (Fsp3) is 0.583. The van der Waals surface area contributed by atoms with E-state index in [1.165, 1.54) is 24.2 Å². The van der Waals surface area contributed by atoms with E-state index in [0.717, 1.165) is 19.4 Å². The molecule has 2 amide bonds. The summed E-state index contributed by atoms with van der Waals surface area (Å²) in [6.45, 7) is 2.60. The third-order valence-corrected chi connectivity index (χ3v) is 2.93. The van der Waals surface area contributed by atoms with E-state index in [1.54, 1.807) is 0 Å². The number of nitrogens with one attached hydrogen (secondary N) is 1. The van der Waals surface area contributed by atoms with Crippen LogP contribution in [0.1, 0.15) is 19.8 Å². The Morgan fingerprint density at radius 2 is 2.42 bits per heavy atom. The summed E-state index contributed by atoms with van der Waals surface area (Å²) in [5, 5.41) is 6.13. The summed E-state index contributed by atoms with van der Waals surface area (Å²) < 4.78 is 10.1. The molecule has 1 fully saturated rings. The highest BCUT2D eigenvalue weighted by atomic mass is 16.5. The summed E-state index contributed by atoms with van der Waals surface area (Å²) in [5.41, 5.74) is 0. The van der Waals surface area contributed by atoms with E-state index in [2.05, 4.69) is 15.0 Å². The van der Waals surface area contributed by atoms with Crippen LogP contribution in [0, 0.1) is 0 Å². The van der Waals surface area contributed by atoms with E-state index >= 15 is 0 Å². The largest absolute Gasteiger partial charge is 0.376 e. The van der Waals surface area contributed by atoms with Gasteiger partial charge in [-0.05, 0) is 12.8 Å². The van der Waals surface area contributed by atoms with Crippen molar-refractivity contribution >= 4 is 17.6 Å². The van der Waals surface area contributed by atoms with Crippen LogP contribution < -0.4 is 5.32 Å². The maximum Gasteiger partial charge on any atom is 0.245 e. The lowest BCUT2D eigenvalue weighted by molar-refractivity contribution is -0.134. The molecule has 1 aromatic heterocycles. The molecule has 0 aliphatic carbocycles. The summed E-state index contributed by atoms with van der Waals surface area (Å²) >= 11 is 0. The van der Waals surface area contributed by atoms with E-state index in [-0.39, 0.29) is 24.5 Å². The van der Waals surface area contributed by atoms with E-state index in [1.807, 2.05) is 0 Å². The average Bonchev–Trinajstić information content (AvgIpc) is 3.00. The van der Waals surface area contributed by atoms with Crippen molar-refractivity contribution in [2.45, 2.75) is 25.9 Å². The Bertz CT molecular complexity index is 426. The van der Waals surface area contributed by atoms with Crippen molar-refractivity contribution in [1.29, 1.82) is 0 Å². The van der Waals surface area contributed by atoms with E-state index in [9.17, 15) is 9.59 Å². The number of ether oxygens (including phenoxy) is 1. The topological polar surface area (TPSA) is 84.7 Å². The number of nitrogens with zero attached hydrogens (tertiary/aromatic N) is 2. The predicted octanol–water partition coefficient (Wildman–Crippen LogP) is 0.641. The molecule has 2 rings (SSSR count). The number of aromatic nitrogens is 1. The molecule has 1 aliphatic rings. The number of carbonyl (C=O) groups is 2. The van der Waals surface area contributed by atoms with Gasteiger partial charge in [0.05, 0.1) is 12.6 Å². The van der Waals surface area contributed by atoms with E-state index < -0.39 is 0 Å². The first kappa shape index (κ1) is 13.5. The molecule has 7 nitrogen and oxygen atoms in total. The van der Waals surface area contributed by atoms with Crippen LogP contribution in [0.4, 0.5) is 5.82 Å². The second kappa shape index (κ2) is 6.33. The lowest BCUT2D eigenvalue weighted by Crippen LogP contribution is -2.41. The zero-order valence-electron chi connectivity index (χ0n) is 10.8. The number of carbonyl (C=O) groups excluding carboxylic acids is 2. The van der Waals surface area contributed by atoms with Gasteiger partial charge >= 0.3 is 0 Å². The Hall–Kier alpha value is -1.89. The van der Waals surface area contributed by atoms with Gasteiger partial charge in [0.1, 0.15) is 6.26 Å². The number of anilines is 1. The molecular formula is C12H17N3O4. The zero-order chi connectivity index (χ0) is 13.7. The molecule has 1 unspecified atom stereocenters. The van der Waals surface area contributed by atoms with Crippen LogP contribution in [0.2, 0.25) is 0 Å². The molecule has 0 bridgehead atoms. The molecule has 2 heterocycles. The molecule has 0 aromatic carbocycles. The SMILES string of the molecule is CC(=O)N(CC(=O)Nc1ccon1)CC1CCCO1. The van der Waals surface area contributed by atoms with Crippen molar-refractivity contribution in [3.63, 3.8) is 0 Å². The van der Waals surface area contributed by atoms with Gasteiger partial charge < -0.3 is 19.5 Å². The molecule has 19 heavy (non-hydrogen) atoms. The van der Waals surface area contributed by atoms with Crippen LogP contribution >= 0.6 is 0 Å². The molecule has 1 aromatic rings. The Kier molecular flexibility index (Phi) is 4.51. The van der Waals surface area contributed by atoms with Crippen molar-refractivity contribution in [2.75, 3.05) is 25.0 Å². The summed E-state index contributed by atoms with van der Waals surface area (Å²) in [4.78, 5) is 24.8. The van der Waals surface area contributed by atoms with Crippen LogP contribution in [0.25, 0.3) is 0 Å². The molecule has 104 valence electrons. The molecule has 1 saturated heterocycles. The third kappa shape index (κ3) is 4.06. The first-order chi connectivity index (χ1) is 9.15. The van der Waals surface area contributed by atoms with Crippen LogP contribution in [0.5, 0.6) is 0 Å². The molecule has 7 heteroatoms. The van der Waals surface area contributed by atoms with Crippen LogP contribution in [-0.2, 0) is 14.3 Å². The molecule has 1 atom stereocenters. The molecule has 0 saturated carbocycles. The van der Waals surface area contributed by atoms with Crippen molar-refractivity contribution in [3.8, 4) is 0 Å². The van der Waals surface area contributed by atoms with Gasteiger partial charge in [0.15, 0.2) is 5.82 Å². The van der Waals surface area contributed by atoms with Gasteiger partial charge in [0, 0.05) is 26.1 Å². The monoisotopic (exact) mass is 267 g/mol. The van der Waals surface area contributed by atoms with Crippen molar-refractivity contribution in [2.24, 2.45) is 0 Å². The Morgan fingerprint density at radius 3 is 3.00 bits per heavy atom. The van der Waals surface area contributed by atoms with Gasteiger partial charge in [0.2, 0.25) is 11.8 Å². The second-order valence-electron chi connectivity index (χ2n) is 4.47. The standard InChI is InChI=1S/C12H17N3O4/c1-9(16)15(7-10-3-2-5-18-10)8-12(17)13-11-4-6-19-14-11/h4,6,10H,2-3,5,7-8H2,1H3,(H,13,14,17). The predicted molar refractivity (Wildman–Crippen MR) is 66.4 cm³/mol. The quantitative estimate of drug-likeness (QED) is 0.846. The second-order valence-corrected chi connectivity index (χ2v) is 4.47. The number of hydrogen-bond donors (Lipinski definition) is 1. The van der Waals surface area contributed by atoms with Gasteiger partial charge in [-0.3, -0.25) is 9.59 Å². The average molecular weight is 267 g/mol. The van der Waals surface area contributed by atoms with Gasteiger partial charge in [-0.25, -0.2) is 0 Å². The van der Waals surface area contributed by atoms with Gasteiger partial charge in [-0.15, -0.1) is 0 Å². The minimum Gasteiger partial charge on any atom is -0.376 e. The number of rotatable bonds is 5. The lowest BCUT2D eigenvalue weighted by atomic mass is 10.2. The molecule has 0 radical (unpaired) electrons. The first-order valence-corrected chi connectivity index (χ1v) is 6.22. The Balaban J connectivity index is 1.85. The molecule has 1 aliphatic heterocycles. The van der Waals surface area contributed by atoms with Crippen molar-refractivity contribution in [1.82, 2.24) is 10.1 Å². The summed E-state index contributed by atoms with van der Waals surface area (Å²) in [7, 11) is 0. The molecule has 0 spiro atoms. The number of hydrogen-bond acceptors (Lipinski definition) is 5. The minimum atomic E-state index is -0.304. The van der Waals surface area contributed by atoms with Crippen LogP contribution in [0.3, 0.4) is 0 Å². The van der Waals surface area contributed by atoms with Crippen molar-refractivity contribution in [3.05, 3.63) is 12.3 Å². The zero-order valence-corrected chi connectivity index (χ0v) is 10.8. The summed E-state index contributed by atoms with van der Waals surface area (Å²) in [6, 6.07) is 1.54. The fourth-order valence-electron chi connectivity index (χ4n) is 1.97. The first-order valence-electron chi connectivity index (χ1n) is 6.22. The smallest absolute Gasteiger partial charge is 0.245 e. The molecule has 1 N–H and O–H groups in total. The highest BCUT2D eigenvalue weighted by molar-refractivity contribution is 5.93. The molecular weight excluding hydrogens is 250 g/mol. The van der Waals surface area contributed by atoms with Crippen molar-refractivity contribution < 1.29 is 18.8 Å². The summed E-state index contributed by atoms with van der Waals surface area (Å²) in [6.07, 6.45) is 3.32. The van der Waals surface area contributed by atoms with Gasteiger partial charge in [-0.1, -0.05) is 5.16 Å². The highest BCUT2D eigenvalue weighted by Gasteiger charge is 2.22. The minimum absolute atomic E-state index is 0.0119. The third-order valence-electron chi connectivity index (χ3n) is 2.93. The van der Waals surface area contributed by atoms with E-state index in [0.29, 0.717) is 12.4 Å². The fourth-order valence-corrected chi connectivity index (χ4v) is 1.97. The highest BCUT2D eigenvalue weighted by Crippen LogP contribution is 2.13. The summed E-state index contributed by atoms with van der Waals surface area (Å²) in [5.74, 6) is -0.112. The Labute approximate surface area is 110 Å². The maximum absolute atomic E-state index is 11.8. The normalized spacial score (nSPS) is 18.3.